The molecule has 69 heavy (non-hydrogen) atoms. The number of nitrogens with zero attached hydrogens (tertiary/aromatic N) is 2. The molecule has 4 aliphatic rings. The first-order valence-electron chi connectivity index (χ1n) is 25.4. The topological polar surface area (TPSA) is 206 Å². The normalized spacial score (nSPS) is 25.7. The third-order valence-corrected chi connectivity index (χ3v) is 13.9. The van der Waals surface area contributed by atoms with Gasteiger partial charge in [-0.15, -0.1) is 0 Å². The van der Waals surface area contributed by atoms with Crippen molar-refractivity contribution in [1.82, 2.24) is 36.4 Å². The van der Waals surface area contributed by atoms with E-state index < -0.39 is 97.4 Å². The first kappa shape index (κ1) is 58.2. The summed E-state index contributed by atoms with van der Waals surface area (Å²) in [6.45, 7) is 37.9. The number of carbonyl (C=O) groups excluding carboxylic acids is 6. The number of hydrogen-bond donors (Lipinski definition) is 5. The summed E-state index contributed by atoms with van der Waals surface area (Å²) < 4.78 is 24.4. The highest BCUT2D eigenvalue weighted by atomic mass is 16.6. The number of ether oxygens (including phenoxy) is 4. The number of rotatable bonds is 16. The van der Waals surface area contributed by atoms with Gasteiger partial charge in [0.05, 0.1) is 13.1 Å². The predicted octanol–water partition coefficient (Wildman–Crippen LogP) is 5.20. The van der Waals surface area contributed by atoms with Gasteiger partial charge in [-0.25, -0.2) is 19.2 Å². The number of carbonyl (C=O) groups is 6. The molecule has 0 bridgehead atoms. The summed E-state index contributed by atoms with van der Waals surface area (Å²) in [7, 11) is 0. The number of amides is 2. The van der Waals surface area contributed by atoms with Crippen LogP contribution in [-0.2, 0) is 47.7 Å². The molecule has 4 saturated heterocycles. The Hall–Kier alpha value is -3.38. The van der Waals surface area contributed by atoms with Gasteiger partial charge in [-0.1, -0.05) is 0 Å². The zero-order valence-corrected chi connectivity index (χ0v) is 46.2. The van der Waals surface area contributed by atoms with E-state index in [1.54, 1.807) is 0 Å². The fourth-order valence-electron chi connectivity index (χ4n) is 12.7. The Bertz CT molecular complexity index is 1580. The highest BCUT2D eigenvalue weighted by molar-refractivity contribution is 5.92. The lowest BCUT2D eigenvalue weighted by molar-refractivity contribution is -0.171. The fourth-order valence-corrected chi connectivity index (χ4v) is 12.7. The molecule has 5 N–H and O–H groups in total. The van der Waals surface area contributed by atoms with Crippen LogP contribution >= 0.6 is 0 Å². The van der Waals surface area contributed by atoms with E-state index in [0.717, 1.165) is 0 Å². The van der Waals surface area contributed by atoms with E-state index in [9.17, 15) is 28.8 Å². The Morgan fingerprint density at radius 3 is 0.696 bits per heavy atom. The quantitative estimate of drug-likeness (QED) is 0.0997. The summed E-state index contributed by atoms with van der Waals surface area (Å²) in [5.41, 5.74) is -2.60. The van der Waals surface area contributed by atoms with Crippen molar-refractivity contribution in [2.24, 2.45) is 0 Å². The van der Waals surface area contributed by atoms with E-state index >= 15 is 0 Å². The molecule has 4 unspecified atom stereocenters. The van der Waals surface area contributed by atoms with Crippen molar-refractivity contribution < 1.29 is 47.7 Å². The van der Waals surface area contributed by atoms with Gasteiger partial charge in [-0.3, -0.25) is 14.9 Å². The zero-order chi connectivity index (χ0) is 52.7. The molecule has 0 aromatic rings. The van der Waals surface area contributed by atoms with Crippen molar-refractivity contribution in [1.29, 1.82) is 0 Å². The first-order chi connectivity index (χ1) is 31.1. The van der Waals surface area contributed by atoms with Gasteiger partial charge in [0.25, 0.3) is 0 Å². The zero-order valence-electron chi connectivity index (χ0n) is 46.2. The Morgan fingerprint density at radius 1 is 0.377 bits per heavy atom. The van der Waals surface area contributed by atoms with Crippen LogP contribution in [0.5, 0.6) is 0 Å². The number of nitrogens with one attached hydrogen (secondary N) is 5. The van der Waals surface area contributed by atoms with E-state index in [-0.39, 0.29) is 44.3 Å². The van der Waals surface area contributed by atoms with Gasteiger partial charge in [0.15, 0.2) is 0 Å². The standard InChI is InChI=1S/C52H93N7O10/c1-31(41(62)66-35-21-45(5,6)54-46(7,8)22-35)58(32(2)42(63)67-36-23-47(9,10)55-48(11,12)24-36)39(60)29-53-30-40(61)59(33(3)43(64)68-37-25-49(13,14)56-50(15,16)26-37)34(4)44(65)69-38-27-51(17,18)57-52(19,20)28-38/h31-38,53-57H,21-30H2,1-20H3. The minimum atomic E-state index is -1.21. The van der Waals surface area contributed by atoms with Crippen LogP contribution < -0.4 is 26.6 Å². The summed E-state index contributed by atoms with van der Waals surface area (Å²) >= 11 is 0. The SMILES string of the molecule is CC(C(=O)OC1CC(C)(C)NC(C)(C)C1)N(C(=O)CNCC(=O)N(C(C)C(=O)OC1CC(C)(C)NC(C)(C)C1)C(C)C(=O)OC1CC(C)(C)NC(C)(C)C1)C(C)C(=O)OC1CC(C)(C)NC(C)(C)C1. The Labute approximate surface area is 414 Å². The lowest BCUT2D eigenvalue weighted by Gasteiger charge is -2.46. The molecular formula is C52H93N7O10. The summed E-state index contributed by atoms with van der Waals surface area (Å²) in [4.78, 5) is 87.5. The van der Waals surface area contributed by atoms with Gasteiger partial charge in [-0.05, 0) is 138 Å². The van der Waals surface area contributed by atoms with E-state index in [2.05, 4.69) is 26.6 Å². The molecule has 396 valence electrons. The van der Waals surface area contributed by atoms with Gasteiger partial charge in [-0.2, -0.15) is 0 Å². The summed E-state index contributed by atoms with van der Waals surface area (Å²) in [5.74, 6) is -4.01. The smallest absolute Gasteiger partial charge is 0.328 e. The second-order valence-electron chi connectivity index (χ2n) is 26.3. The van der Waals surface area contributed by atoms with Crippen LogP contribution in [0.4, 0.5) is 0 Å². The number of piperidine rings is 4. The second-order valence-corrected chi connectivity index (χ2v) is 26.3. The van der Waals surface area contributed by atoms with E-state index in [1.807, 2.05) is 111 Å². The third kappa shape index (κ3) is 16.9. The Kier molecular flexibility index (Phi) is 17.7. The minimum absolute atomic E-state index is 0.325. The highest BCUT2D eigenvalue weighted by Crippen LogP contribution is 2.35. The van der Waals surface area contributed by atoms with Crippen molar-refractivity contribution in [2.75, 3.05) is 13.1 Å². The van der Waals surface area contributed by atoms with Crippen LogP contribution in [0.3, 0.4) is 0 Å². The average Bonchev–Trinajstić information content (AvgIpc) is 3.09. The summed E-state index contributed by atoms with van der Waals surface area (Å²) in [6, 6.07) is -4.85. The average molecular weight is 976 g/mol. The first-order valence-corrected chi connectivity index (χ1v) is 25.4. The maximum Gasteiger partial charge on any atom is 0.328 e. The van der Waals surface area contributed by atoms with E-state index in [1.165, 1.54) is 37.5 Å². The molecule has 0 saturated carbocycles. The molecule has 0 aromatic carbocycles. The summed E-state index contributed by atoms with van der Waals surface area (Å²) in [5, 5.41) is 17.3. The minimum Gasteiger partial charge on any atom is -0.461 e. The number of hydrogen-bond acceptors (Lipinski definition) is 15. The van der Waals surface area contributed by atoms with E-state index in [0.29, 0.717) is 51.4 Å². The third-order valence-electron chi connectivity index (χ3n) is 13.9. The van der Waals surface area contributed by atoms with Gasteiger partial charge in [0.2, 0.25) is 11.8 Å². The van der Waals surface area contributed by atoms with Crippen molar-refractivity contribution in [3.8, 4) is 0 Å². The van der Waals surface area contributed by atoms with Crippen LogP contribution in [0, 0.1) is 0 Å². The molecule has 0 aliphatic carbocycles. The van der Waals surface area contributed by atoms with Gasteiger partial charge >= 0.3 is 23.9 Å². The van der Waals surface area contributed by atoms with Gasteiger partial charge in [0, 0.05) is 95.7 Å². The number of esters is 4. The molecule has 4 atom stereocenters. The lowest BCUT2D eigenvalue weighted by atomic mass is 9.81. The highest BCUT2D eigenvalue weighted by Gasteiger charge is 2.46. The molecular weight excluding hydrogens is 883 g/mol. The molecule has 0 spiro atoms. The van der Waals surface area contributed by atoms with E-state index in [4.69, 9.17) is 18.9 Å². The van der Waals surface area contributed by atoms with Crippen molar-refractivity contribution in [3.63, 3.8) is 0 Å². The predicted molar refractivity (Wildman–Crippen MR) is 266 cm³/mol. The van der Waals surface area contributed by atoms with Crippen LogP contribution in [0.15, 0.2) is 0 Å². The maximum absolute atomic E-state index is 14.5. The monoisotopic (exact) mass is 976 g/mol. The lowest BCUT2D eigenvalue weighted by Crippen LogP contribution is -2.61. The molecule has 0 aromatic heterocycles. The second kappa shape index (κ2) is 21.0. The largest absolute Gasteiger partial charge is 0.461 e. The van der Waals surface area contributed by atoms with Crippen LogP contribution in [0.1, 0.15) is 190 Å². The van der Waals surface area contributed by atoms with Gasteiger partial charge in [0.1, 0.15) is 48.6 Å². The molecule has 2 amide bonds. The maximum atomic E-state index is 14.5. The molecule has 17 nitrogen and oxygen atoms in total. The molecule has 0 radical (unpaired) electrons. The van der Waals surface area contributed by atoms with Crippen molar-refractivity contribution in [3.05, 3.63) is 0 Å². The molecule has 4 aliphatic heterocycles. The molecule has 4 rings (SSSR count). The summed E-state index contributed by atoms with van der Waals surface area (Å²) in [6.07, 6.45) is 2.55. The van der Waals surface area contributed by atoms with Crippen LogP contribution in [0.2, 0.25) is 0 Å². The van der Waals surface area contributed by atoms with Crippen molar-refractivity contribution >= 4 is 35.7 Å². The Balaban J connectivity index is 1.57. The molecule has 4 fully saturated rings. The fraction of sp³-hybridized carbons (Fsp3) is 0.885. The molecule has 4 heterocycles. The van der Waals surface area contributed by atoms with Crippen LogP contribution in [-0.4, -0.2) is 151 Å². The van der Waals surface area contributed by atoms with Crippen molar-refractivity contribution in [2.45, 2.75) is 283 Å². The molecule has 17 heteroatoms. The Morgan fingerprint density at radius 2 is 0.536 bits per heavy atom. The van der Waals surface area contributed by atoms with Gasteiger partial charge < -0.3 is 50.0 Å². The van der Waals surface area contributed by atoms with Crippen LogP contribution in [0.25, 0.3) is 0 Å².